The number of rotatable bonds is 10. The molecule has 0 radical (unpaired) electrons. The van der Waals surface area contributed by atoms with E-state index in [2.05, 4.69) is 26.6 Å². The van der Waals surface area contributed by atoms with Crippen LogP contribution in [0.2, 0.25) is 0 Å². The number of benzene rings is 3. The molecule has 1 saturated heterocycles. The van der Waals surface area contributed by atoms with E-state index in [0.717, 1.165) is 4.90 Å². The number of amides is 4. The van der Waals surface area contributed by atoms with Gasteiger partial charge in [-0.1, -0.05) is 65.3 Å². The molecule has 11 heteroatoms. The molecule has 2 unspecified atom stereocenters. The zero-order valence-corrected chi connectivity index (χ0v) is 22.5. The fourth-order valence-electron chi connectivity index (χ4n) is 4.29. The maximum absolute atomic E-state index is 14.5. The highest BCUT2D eigenvalue weighted by Gasteiger charge is 2.47. The smallest absolute Gasteiger partial charge is 0.325 e. The van der Waals surface area contributed by atoms with Crippen molar-refractivity contribution in [3.63, 3.8) is 0 Å². The van der Waals surface area contributed by atoms with Gasteiger partial charge in [-0.25, -0.2) is 14.1 Å². The monoisotopic (exact) mass is 599 g/mol. The highest BCUT2D eigenvalue weighted by molar-refractivity contribution is 9.10. The summed E-state index contributed by atoms with van der Waals surface area (Å²) in [5, 5.41) is 23.5. The molecule has 9 nitrogen and oxygen atoms in total. The number of urea groups is 1. The molecule has 4 atom stereocenters. The van der Waals surface area contributed by atoms with Crippen LogP contribution in [0.15, 0.2) is 77.3 Å². The predicted octanol–water partition coefficient (Wildman–Crippen LogP) is 3.72. The summed E-state index contributed by atoms with van der Waals surface area (Å²) in [4.78, 5) is 41.2. The molecule has 0 aliphatic carbocycles. The molecule has 0 spiro atoms. The Morgan fingerprint density at radius 2 is 1.82 bits per heavy atom. The molecule has 39 heavy (non-hydrogen) atoms. The van der Waals surface area contributed by atoms with Gasteiger partial charge in [0.2, 0.25) is 5.91 Å². The lowest BCUT2D eigenvalue weighted by Gasteiger charge is -2.30. The van der Waals surface area contributed by atoms with Gasteiger partial charge >= 0.3 is 6.03 Å². The first kappa shape index (κ1) is 28.2. The second-order valence-corrected chi connectivity index (χ2v) is 9.98. The number of carbonyl (C=O) groups is 3. The molecule has 3 aromatic carbocycles. The van der Waals surface area contributed by atoms with Gasteiger partial charge in [0.15, 0.2) is 0 Å². The number of nitrogens with zero attached hydrogens (tertiary/aromatic N) is 1. The van der Waals surface area contributed by atoms with E-state index >= 15 is 0 Å². The summed E-state index contributed by atoms with van der Waals surface area (Å²) < 4.78 is 20.4. The van der Waals surface area contributed by atoms with Crippen LogP contribution >= 0.6 is 15.9 Å². The quantitative estimate of drug-likeness (QED) is 0.263. The summed E-state index contributed by atoms with van der Waals surface area (Å²) >= 11 is 3.18. The van der Waals surface area contributed by atoms with Crippen LogP contribution < -0.4 is 15.4 Å². The first-order valence-electron chi connectivity index (χ1n) is 12.2. The van der Waals surface area contributed by atoms with Gasteiger partial charge in [0.1, 0.15) is 36.4 Å². The fourth-order valence-corrected chi connectivity index (χ4v) is 4.62. The van der Waals surface area contributed by atoms with Crippen LogP contribution in [0.25, 0.3) is 0 Å². The van der Waals surface area contributed by atoms with E-state index in [1.165, 1.54) is 12.1 Å². The Labute approximate surface area is 232 Å². The van der Waals surface area contributed by atoms with Gasteiger partial charge in [-0.15, -0.1) is 0 Å². The Hall–Kier alpha value is -3.80. The van der Waals surface area contributed by atoms with Crippen molar-refractivity contribution >= 4 is 39.5 Å². The lowest BCUT2D eigenvalue weighted by atomic mass is 9.91. The molecule has 1 heterocycles. The number of imide groups is 1. The summed E-state index contributed by atoms with van der Waals surface area (Å²) in [6, 6.07) is 16.3. The van der Waals surface area contributed by atoms with E-state index in [9.17, 15) is 23.9 Å². The number of hydrogen-bond acceptors (Lipinski definition) is 6. The molecular formula is C28H27BrFN3O6. The molecule has 1 fully saturated rings. The van der Waals surface area contributed by atoms with Crippen LogP contribution in [0.5, 0.6) is 5.75 Å². The lowest BCUT2D eigenvalue weighted by Crippen LogP contribution is -2.50. The third kappa shape index (κ3) is 6.44. The Morgan fingerprint density at radius 3 is 2.46 bits per heavy atom. The second-order valence-electron chi connectivity index (χ2n) is 9.06. The van der Waals surface area contributed by atoms with Crippen molar-refractivity contribution in [3.05, 3.63) is 94.2 Å². The highest BCUT2D eigenvalue weighted by Crippen LogP contribution is 2.32. The van der Waals surface area contributed by atoms with Crippen LogP contribution in [-0.2, 0) is 9.59 Å². The Bertz CT molecular complexity index is 1340. The minimum absolute atomic E-state index is 0.0843. The van der Waals surface area contributed by atoms with E-state index in [1.54, 1.807) is 61.5 Å². The number of anilines is 1. The van der Waals surface area contributed by atoms with E-state index in [4.69, 9.17) is 9.84 Å². The van der Waals surface area contributed by atoms with Crippen molar-refractivity contribution in [2.24, 2.45) is 0 Å². The molecule has 1 aliphatic rings. The average Bonchev–Trinajstić information content (AvgIpc) is 3.23. The summed E-state index contributed by atoms with van der Waals surface area (Å²) in [6.45, 7) is 1.16. The van der Waals surface area contributed by atoms with Crippen molar-refractivity contribution in [1.82, 2.24) is 10.2 Å². The van der Waals surface area contributed by atoms with Crippen molar-refractivity contribution < 1.29 is 33.7 Å². The fraction of sp³-hybridized carbons (Fsp3) is 0.250. The summed E-state index contributed by atoms with van der Waals surface area (Å²) in [5.41, 5.74) is 1.08. The van der Waals surface area contributed by atoms with Crippen molar-refractivity contribution in [2.45, 2.75) is 31.0 Å². The third-order valence-corrected chi connectivity index (χ3v) is 6.87. The third-order valence-electron chi connectivity index (χ3n) is 6.37. The second kappa shape index (κ2) is 12.4. The molecule has 4 rings (SSSR count). The summed E-state index contributed by atoms with van der Waals surface area (Å²) in [5.74, 6) is -2.25. The molecule has 4 amide bonds. The van der Waals surface area contributed by atoms with Crippen LogP contribution in [0.1, 0.15) is 30.0 Å². The molecular weight excluding hydrogens is 573 g/mol. The van der Waals surface area contributed by atoms with E-state index in [0.29, 0.717) is 21.3 Å². The number of nitrogens with one attached hydrogen (secondary N) is 2. The first-order valence-corrected chi connectivity index (χ1v) is 12.9. The van der Waals surface area contributed by atoms with E-state index < -0.39 is 54.4 Å². The number of ether oxygens (including phenoxy) is 1. The lowest BCUT2D eigenvalue weighted by molar-refractivity contribution is -0.134. The Balaban J connectivity index is 1.60. The largest absolute Gasteiger partial charge is 0.491 e. The molecule has 0 saturated carbocycles. The van der Waals surface area contributed by atoms with Gasteiger partial charge in [0.25, 0.3) is 5.91 Å². The van der Waals surface area contributed by atoms with Crippen LogP contribution in [0.4, 0.5) is 14.9 Å². The number of carbonyl (C=O) groups excluding carboxylic acids is 3. The predicted molar refractivity (Wildman–Crippen MR) is 145 cm³/mol. The van der Waals surface area contributed by atoms with Crippen LogP contribution in [0, 0.1) is 5.82 Å². The van der Waals surface area contributed by atoms with Gasteiger partial charge < -0.3 is 25.6 Å². The van der Waals surface area contributed by atoms with E-state index in [-0.39, 0.29) is 12.3 Å². The molecule has 0 aromatic heterocycles. The normalized spacial score (nSPS) is 17.4. The van der Waals surface area contributed by atoms with E-state index in [1.807, 2.05) is 6.07 Å². The molecule has 204 valence electrons. The van der Waals surface area contributed by atoms with Crippen LogP contribution in [0.3, 0.4) is 0 Å². The van der Waals surface area contributed by atoms with Crippen molar-refractivity contribution in [3.8, 4) is 5.75 Å². The van der Waals surface area contributed by atoms with Gasteiger partial charge in [0, 0.05) is 10.4 Å². The average molecular weight is 600 g/mol. The molecule has 4 N–H and O–H groups in total. The minimum Gasteiger partial charge on any atom is -0.491 e. The molecule has 1 aliphatic heterocycles. The highest BCUT2D eigenvalue weighted by atomic mass is 79.9. The van der Waals surface area contributed by atoms with Gasteiger partial charge in [-0.3, -0.25) is 9.59 Å². The number of aliphatic hydroxyl groups is 2. The van der Waals surface area contributed by atoms with Gasteiger partial charge in [-0.2, -0.15) is 0 Å². The van der Waals surface area contributed by atoms with Crippen molar-refractivity contribution in [1.29, 1.82) is 0 Å². The summed E-state index contributed by atoms with van der Waals surface area (Å²) in [7, 11) is 0. The molecule has 3 aromatic rings. The van der Waals surface area contributed by atoms with Gasteiger partial charge in [0.05, 0.1) is 12.3 Å². The minimum atomic E-state index is -1.28. The van der Waals surface area contributed by atoms with Crippen molar-refractivity contribution in [2.75, 3.05) is 18.5 Å². The van der Waals surface area contributed by atoms with Crippen LogP contribution in [-0.4, -0.2) is 58.3 Å². The maximum atomic E-state index is 14.5. The zero-order valence-electron chi connectivity index (χ0n) is 20.9. The molecule has 0 bridgehead atoms. The Morgan fingerprint density at radius 1 is 1.13 bits per heavy atom. The summed E-state index contributed by atoms with van der Waals surface area (Å²) in [6.07, 6.45) is -1.03. The topological polar surface area (TPSA) is 128 Å². The number of hydrogen-bond donors (Lipinski definition) is 4. The standard InChI is InChI=1S/C28H27BrFN3O6/c1-16(17-5-3-2-4-6-17)25(26(36)31-23-12-9-19(29)13-22(23)30)33-27(37)24(32-28(33)38)18-7-10-21(11-8-18)39-15-20(35)14-34/h2-13,16,20,24-25,34-35H,14-15H2,1H3,(H,31,36)(H,32,38)/t16?,20-,24-,25?/m1/s1. The number of aliphatic hydroxyl groups excluding tert-OH is 2. The zero-order chi connectivity index (χ0) is 28.1. The first-order chi connectivity index (χ1) is 18.7. The number of halogens is 2. The SMILES string of the molecule is CC(c1ccccc1)C(C(=O)Nc1ccc(Br)cc1F)N1C(=O)N[C@H](c2ccc(OC[C@H](O)CO)cc2)C1=O. The Kier molecular flexibility index (Phi) is 8.95. The maximum Gasteiger partial charge on any atom is 0.325 e. The van der Waals surface area contributed by atoms with Gasteiger partial charge in [-0.05, 0) is 41.5 Å².